The zero-order chi connectivity index (χ0) is 14.9. The van der Waals surface area contributed by atoms with Crippen molar-refractivity contribution in [3.8, 4) is 0 Å². The van der Waals surface area contributed by atoms with Crippen LogP contribution in [0.25, 0.3) is 0 Å². The van der Waals surface area contributed by atoms with Crippen LogP contribution in [0.4, 0.5) is 0 Å². The van der Waals surface area contributed by atoms with Crippen molar-refractivity contribution < 1.29 is 0 Å². The lowest BCUT2D eigenvalue weighted by Gasteiger charge is -2.31. The van der Waals surface area contributed by atoms with Gasteiger partial charge in [0.15, 0.2) is 5.17 Å². The highest BCUT2D eigenvalue weighted by Crippen LogP contribution is 2.48. The molecule has 112 valence electrons. The van der Waals surface area contributed by atoms with Gasteiger partial charge in [-0.25, -0.2) is 0 Å². The first-order valence-electron chi connectivity index (χ1n) is 7.83. The van der Waals surface area contributed by atoms with E-state index in [0.29, 0.717) is 6.04 Å². The van der Waals surface area contributed by atoms with Crippen LogP contribution in [-0.4, -0.2) is 26.8 Å². The Morgan fingerprint density at radius 1 is 1.14 bits per heavy atom. The van der Waals surface area contributed by atoms with E-state index in [1.807, 2.05) is 24.0 Å². The zero-order valence-corrected chi connectivity index (χ0v) is 13.4. The minimum absolute atomic E-state index is 0.0976. The van der Waals surface area contributed by atoms with E-state index >= 15 is 0 Å². The molecule has 0 saturated carbocycles. The fraction of sp³-hybridized carbons (Fsp3) is 0.333. The molecule has 1 aromatic heterocycles. The summed E-state index contributed by atoms with van der Waals surface area (Å²) < 4.78 is 0. The van der Waals surface area contributed by atoms with Crippen molar-refractivity contribution in [1.29, 1.82) is 0 Å². The molecule has 0 spiro atoms. The fourth-order valence-electron chi connectivity index (χ4n) is 3.36. The number of rotatable bonds is 3. The molecule has 1 saturated heterocycles. The number of benzene rings is 1. The summed E-state index contributed by atoms with van der Waals surface area (Å²) in [5.41, 5.74) is 2.39. The summed E-state index contributed by atoms with van der Waals surface area (Å²) in [5.74, 6) is 1.15. The molecule has 3 heterocycles. The van der Waals surface area contributed by atoms with Crippen LogP contribution < -0.4 is 0 Å². The zero-order valence-electron chi connectivity index (χ0n) is 12.6. The van der Waals surface area contributed by atoms with Crippen LogP contribution in [0.15, 0.2) is 59.7 Å². The van der Waals surface area contributed by atoms with E-state index in [1.165, 1.54) is 10.7 Å². The molecule has 1 aromatic carbocycles. The number of amidine groups is 1. The average Bonchev–Trinajstić information content (AvgIpc) is 3.15. The lowest BCUT2D eigenvalue weighted by Crippen LogP contribution is -2.35. The Bertz CT molecular complexity index is 671. The second-order valence-corrected chi connectivity index (χ2v) is 6.73. The van der Waals surface area contributed by atoms with Gasteiger partial charge in [0.05, 0.1) is 11.7 Å². The average molecular weight is 309 g/mol. The molecular formula is C18H19N3S. The molecule has 1 fully saturated rings. The number of fused-ring (bicyclic) bond motifs is 1. The second-order valence-electron chi connectivity index (χ2n) is 5.75. The summed E-state index contributed by atoms with van der Waals surface area (Å²) >= 11 is 1.89. The number of pyridine rings is 1. The van der Waals surface area contributed by atoms with Crippen LogP contribution in [-0.2, 0) is 0 Å². The fourth-order valence-corrected chi connectivity index (χ4v) is 4.70. The van der Waals surface area contributed by atoms with Gasteiger partial charge in [-0.1, -0.05) is 55.1 Å². The largest absolute Gasteiger partial charge is 0.338 e. The quantitative estimate of drug-likeness (QED) is 0.856. The van der Waals surface area contributed by atoms with Crippen molar-refractivity contribution in [2.24, 2.45) is 4.99 Å². The van der Waals surface area contributed by atoms with Crippen molar-refractivity contribution in [3.63, 3.8) is 0 Å². The first-order chi connectivity index (χ1) is 10.9. The smallest absolute Gasteiger partial charge is 0.160 e. The molecule has 4 rings (SSSR count). The van der Waals surface area contributed by atoms with Crippen molar-refractivity contribution in [2.45, 2.75) is 31.5 Å². The van der Waals surface area contributed by atoms with Crippen LogP contribution in [0.1, 0.15) is 36.7 Å². The molecule has 0 amide bonds. The third-order valence-electron chi connectivity index (χ3n) is 4.47. The maximum Gasteiger partial charge on any atom is 0.160 e. The van der Waals surface area contributed by atoms with E-state index in [1.54, 1.807) is 0 Å². The topological polar surface area (TPSA) is 28.5 Å². The third-order valence-corrected chi connectivity index (χ3v) is 5.60. The molecule has 0 radical (unpaired) electrons. The van der Waals surface area contributed by atoms with Crippen molar-refractivity contribution >= 4 is 16.9 Å². The SMILES string of the molecule is CC[C@H]1CSC2=N[C@@H](c3ccccn3)[C@@H](c3ccccc3)N21. The Kier molecular flexibility index (Phi) is 3.62. The molecule has 0 bridgehead atoms. The number of aliphatic imine (C=N–C) groups is 1. The first kappa shape index (κ1) is 13.8. The normalized spacial score (nSPS) is 26.9. The van der Waals surface area contributed by atoms with Crippen LogP contribution in [0.3, 0.4) is 0 Å². The van der Waals surface area contributed by atoms with Gasteiger partial charge in [-0.3, -0.25) is 9.98 Å². The van der Waals surface area contributed by atoms with E-state index in [2.05, 4.69) is 59.3 Å². The minimum Gasteiger partial charge on any atom is -0.338 e. The highest BCUT2D eigenvalue weighted by Gasteiger charge is 2.45. The Morgan fingerprint density at radius 2 is 1.95 bits per heavy atom. The van der Waals surface area contributed by atoms with E-state index in [4.69, 9.17) is 4.99 Å². The molecule has 2 aromatic rings. The molecule has 0 aliphatic carbocycles. The minimum atomic E-state index is 0.0976. The molecule has 22 heavy (non-hydrogen) atoms. The summed E-state index contributed by atoms with van der Waals surface area (Å²) in [4.78, 5) is 12.1. The molecule has 3 nitrogen and oxygen atoms in total. The van der Waals surface area contributed by atoms with Gasteiger partial charge in [-0.2, -0.15) is 0 Å². The Balaban J connectivity index is 1.79. The van der Waals surface area contributed by atoms with E-state index in [0.717, 1.165) is 17.9 Å². The van der Waals surface area contributed by atoms with Crippen LogP contribution in [0, 0.1) is 0 Å². The van der Waals surface area contributed by atoms with Crippen molar-refractivity contribution in [2.75, 3.05) is 5.75 Å². The van der Waals surface area contributed by atoms with E-state index in [9.17, 15) is 0 Å². The Hall–Kier alpha value is -1.81. The third kappa shape index (κ3) is 2.22. The Morgan fingerprint density at radius 3 is 2.68 bits per heavy atom. The van der Waals surface area contributed by atoms with Gasteiger partial charge in [0, 0.05) is 18.0 Å². The summed E-state index contributed by atoms with van der Waals surface area (Å²) in [6.45, 7) is 2.27. The van der Waals surface area contributed by atoms with Crippen LogP contribution in [0.2, 0.25) is 0 Å². The predicted molar refractivity (Wildman–Crippen MR) is 92.0 cm³/mol. The molecule has 0 N–H and O–H groups in total. The number of nitrogens with zero attached hydrogens (tertiary/aromatic N) is 3. The molecule has 0 unspecified atom stereocenters. The summed E-state index contributed by atoms with van der Waals surface area (Å²) in [6, 6.07) is 17.8. The van der Waals surface area contributed by atoms with Crippen molar-refractivity contribution in [1.82, 2.24) is 9.88 Å². The number of hydrogen-bond donors (Lipinski definition) is 0. The second kappa shape index (κ2) is 5.76. The van der Waals surface area contributed by atoms with E-state index in [-0.39, 0.29) is 12.1 Å². The van der Waals surface area contributed by atoms with Gasteiger partial charge in [0.1, 0.15) is 6.04 Å². The van der Waals surface area contributed by atoms with Crippen LogP contribution in [0.5, 0.6) is 0 Å². The monoisotopic (exact) mass is 309 g/mol. The molecule has 2 aliphatic heterocycles. The van der Waals surface area contributed by atoms with Gasteiger partial charge in [0.25, 0.3) is 0 Å². The summed E-state index contributed by atoms with van der Waals surface area (Å²) in [6.07, 6.45) is 3.02. The van der Waals surface area contributed by atoms with Gasteiger partial charge in [0.2, 0.25) is 0 Å². The highest BCUT2D eigenvalue weighted by atomic mass is 32.2. The van der Waals surface area contributed by atoms with Gasteiger partial charge in [-0.05, 0) is 24.1 Å². The van der Waals surface area contributed by atoms with Gasteiger partial charge in [-0.15, -0.1) is 0 Å². The summed E-state index contributed by atoms with van der Waals surface area (Å²) in [7, 11) is 0. The van der Waals surface area contributed by atoms with Crippen molar-refractivity contribution in [3.05, 3.63) is 66.0 Å². The number of aromatic nitrogens is 1. The van der Waals surface area contributed by atoms with Crippen LogP contribution >= 0.6 is 11.8 Å². The highest BCUT2D eigenvalue weighted by molar-refractivity contribution is 8.14. The Labute approximate surface area is 135 Å². The molecule has 4 heteroatoms. The first-order valence-corrected chi connectivity index (χ1v) is 8.82. The maximum absolute atomic E-state index is 5.02. The van der Waals surface area contributed by atoms with Gasteiger partial charge >= 0.3 is 0 Å². The molecular weight excluding hydrogens is 290 g/mol. The number of hydrogen-bond acceptors (Lipinski definition) is 4. The van der Waals surface area contributed by atoms with Gasteiger partial charge < -0.3 is 4.90 Å². The standard InChI is InChI=1S/C18H19N3S/c1-2-14-12-22-18-20-16(15-10-6-7-11-19-15)17(21(14)18)13-8-4-3-5-9-13/h3-11,14,16-17H,2,12H2,1H3/t14-,16-,17+/m0/s1. The lowest BCUT2D eigenvalue weighted by atomic mass is 9.95. The summed E-state index contributed by atoms with van der Waals surface area (Å²) in [5, 5.41) is 1.19. The maximum atomic E-state index is 5.02. The lowest BCUT2D eigenvalue weighted by molar-refractivity contribution is 0.255. The predicted octanol–water partition coefficient (Wildman–Crippen LogP) is 4.06. The molecule has 3 atom stereocenters. The molecule has 2 aliphatic rings. The van der Waals surface area contributed by atoms with E-state index < -0.39 is 0 Å². The number of thioether (sulfide) groups is 1.